The summed E-state index contributed by atoms with van der Waals surface area (Å²) in [6.07, 6.45) is 4.45. The summed E-state index contributed by atoms with van der Waals surface area (Å²) in [6.45, 7) is 17.2. The van der Waals surface area contributed by atoms with E-state index in [1.807, 2.05) is 17.7 Å². The van der Waals surface area contributed by atoms with Gasteiger partial charge < -0.3 is 5.11 Å². The highest BCUT2D eigenvalue weighted by molar-refractivity contribution is 8.02. The number of phenols is 1. The number of aromatic nitrogens is 2. The van der Waals surface area contributed by atoms with Crippen molar-refractivity contribution in [2.24, 2.45) is 5.92 Å². The van der Waals surface area contributed by atoms with E-state index in [0.717, 1.165) is 33.5 Å². The quantitative estimate of drug-likeness (QED) is 0.276. The molecule has 0 unspecified atom stereocenters. The molecule has 0 spiro atoms. The van der Waals surface area contributed by atoms with Crippen molar-refractivity contribution in [1.29, 1.82) is 0 Å². The van der Waals surface area contributed by atoms with Crippen molar-refractivity contribution in [2.75, 3.05) is 0 Å². The summed E-state index contributed by atoms with van der Waals surface area (Å²) in [5.74, 6) is 0.831. The summed E-state index contributed by atoms with van der Waals surface area (Å²) in [5.41, 5.74) is 6.03. The second kappa shape index (κ2) is 9.55. The van der Waals surface area contributed by atoms with Gasteiger partial charge in [-0.15, -0.1) is 11.3 Å². The van der Waals surface area contributed by atoms with E-state index in [-0.39, 0.29) is 11.2 Å². The number of hydrogen-bond acceptors (Lipinski definition) is 5. The molecule has 4 rings (SSSR count). The van der Waals surface area contributed by atoms with E-state index in [0.29, 0.717) is 5.92 Å². The van der Waals surface area contributed by atoms with Gasteiger partial charge in [-0.1, -0.05) is 59.0 Å². The third-order valence-corrected chi connectivity index (χ3v) is 8.15. The summed E-state index contributed by atoms with van der Waals surface area (Å²) in [7, 11) is 0. The molecule has 3 nitrogen and oxygen atoms in total. The minimum Gasteiger partial charge on any atom is -0.507 e. The molecule has 2 heterocycles. The first-order chi connectivity index (χ1) is 16.1. The van der Waals surface area contributed by atoms with Crippen LogP contribution in [-0.4, -0.2) is 15.1 Å². The van der Waals surface area contributed by atoms with Gasteiger partial charge in [0.25, 0.3) is 0 Å². The highest BCUT2D eigenvalue weighted by Crippen LogP contribution is 2.46. The van der Waals surface area contributed by atoms with Gasteiger partial charge in [0.2, 0.25) is 0 Å². The maximum absolute atomic E-state index is 11.0. The predicted molar refractivity (Wildman–Crippen MR) is 148 cm³/mol. The monoisotopic (exact) mass is 488 g/mol. The first-order valence-corrected chi connectivity index (χ1v) is 13.3. The summed E-state index contributed by atoms with van der Waals surface area (Å²) in [4.78, 5) is 11.6. The number of hydrogen-bond donors (Lipinski definition) is 1. The van der Waals surface area contributed by atoms with Crippen LogP contribution in [0.3, 0.4) is 0 Å². The van der Waals surface area contributed by atoms with E-state index in [4.69, 9.17) is 4.98 Å². The minimum absolute atomic E-state index is 0.0344. The first kappa shape index (κ1) is 24.5. The van der Waals surface area contributed by atoms with Crippen LogP contribution in [0.2, 0.25) is 0 Å². The number of thioether (sulfide) groups is 1. The molecule has 0 saturated heterocycles. The van der Waals surface area contributed by atoms with Crippen molar-refractivity contribution in [3.63, 3.8) is 0 Å². The van der Waals surface area contributed by atoms with Gasteiger partial charge in [-0.25, -0.2) is 9.97 Å². The van der Waals surface area contributed by atoms with Crippen molar-refractivity contribution in [2.45, 2.75) is 58.3 Å². The molecule has 0 atom stereocenters. The zero-order chi connectivity index (χ0) is 24.6. The predicted octanol–water partition coefficient (Wildman–Crippen LogP) is 8.77. The van der Waals surface area contributed by atoms with Crippen LogP contribution in [0.15, 0.2) is 59.7 Å². The molecule has 0 aliphatic carbocycles. The van der Waals surface area contributed by atoms with E-state index in [9.17, 15) is 5.11 Å². The zero-order valence-electron chi connectivity index (χ0n) is 20.8. The van der Waals surface area contributed by atoms with Gasteiger partial charge >= 0.3 is 0 Å². The lowest BCUT2D eigenvalue weighted by Crippen LogP contribution is -2.12. The van der Waals surface area contributed by atoms with Crippen molar-refractivity contribution in [1.82, 2.24) is 9.97 Å². The SMILES string of the molecule is C=CSc1ccc(-c2ncncc2-c2c(O)ccc3c(C)c(CC(C)C)sc23)cc1C(C)(C)C. The van der Waals surface area contributed by atoms with Crippen molar-refractivity contribution in [3.8, 4) is 28.1 Å². The molecule has 176 valence electrons. The Morgan fingerprint density at radius 2 is 1.94 bits per heavy atom. The van der Waals surface area contributed by atoms with Gasteiger partial charge in [0, 0.05) is 37.4 Å². The first-order valence-electron chi connectivity index (χ1n) is 11.6. The molecule has 5 heteroatoms. The molecular weight excluding hydrogens is 456 g/mol. The molecule has 0 aliphatic heterocycles. The third-order valence-electron chi connectivity index (χ3n) is 6.03. The number of thiophene rings is 1. The van der Waals surface area contributed by atoms with Gasteiger partial charge in [-0.05, 0) is 70.9 Å². The second-order valence-electron chi connectivity index (χ2n) is 10.1. The maximum atomic E-state index is 11.0. The Morgan fingerprint density at radius 1 is 1.18 bits per heavy atom. The van der Waals surface area contributed by atoms with Gasteiger partial charge in [0.1, 0.15) is 12.1 Å². The fraction of sp³-hybridized carbons (Fsp3) is 0.310. The minimum atomic E-state index is -0.0344. The number of aryl methyl sites for hydroxylation is 1. The standard InChI is InChI=1S/C29H32N2OS2/c1-8-33-24-12-9-19(14-22(24)29(5,6)7)27-21(15-30-16-31-27)26-23(32)11-10-20-18(4)25(13-17(2)3)34-28(20)26/h8-12,14-17,32H,1,13H2,2-7H3. The largest absolute Gasteiger partial charge is 0.507 e. The number of benzene rings is 2. The fourth-order valence-electron chi connectivity index (χ4n) is 4.35. The molecule has 0 bridgehead atoms. The van der Waals surface area contributed by atoms with E-state index in [2.05, 4.69) is 71.3 Å². The number of fused-ring (bicyclic) bond motifs is 1. The van der Waals surface area contributed by atoms with E-state index in [1.165, 1.54) is 26.3 Å². The average Bonchev–Trinajstić information content (AvgIpc) is 3.08. The van der Waals surface area contributed by atoms with Crippen molar-refractivity contribution < 1.29 is 5.11 Å². The van der Waals surface area contributed by atoms with Crippen LogP contribution in [0.25, 0.3) is 32.5 Å². The lowest BCUT2D eigenvalue weighted by atomic mass is 9.85. The van der Waals surface area contributed by atoms with Crippen molar-refractivity contribution >= 4 is 33.2 Å². The number of phenolic OH excluding ortho intramolecular Hbond substituents is 1. The fourth-order valence-corrected chi connectivity index (χ4v) is 6.74. The molecule has 0 saturated carbocycles. The van der Waals surface area contributed by atoms with Gasteiger partial charge in [0.15, 0.2) is 0 Å². The van der Waals surface area contributed by atoms with Gasteiger partial charge in [-0.2, -0.15) is 0 Å². The topological polar surface area (TPSA) is 46.0 Å². The van der Waals surface area contributed by atoms with Crippen LogP contribution in [-0.2, 0) is 11.8 Å². The zero-order valence-corrected chi connectivity index (χ0v) is 22.4. The summed E-state index contributed by atoms with van der Waals surface area (Å²) in [6, 6.07) is 10.3. The van der Waals surface area contributed by atoms with Crippen LogP contribution in [0, 0.1) is 12.8 Å². The molecule has 2 aromatic heterocycles. The van der Waals surface area contributed by atoms with Gasteiger partial charge in [0.05, 0.1) is 5.69 Å². The Balaban J connectivity index is 1.96. The second-order valence-corrected chi connectivity index (χ2v) is 12.2. The molecule has 2 aromatic carbocycles. The Hall–Kier alpha value is -2.63. The van der Waals surface area contributed by atoms with Crippen LogP contribution < -0.4 is 0 Å². The average molecular weight is 489 g/mol. The number of aromatic hydroxyl groups is 1. The van der Waals surface area contributed by atoms with Crippen LogP contribution >= 0.6 is 23.1 Å². The normalized spacial score (nSPS) is 12.0. The highest BCUT2D eigenvalue weighted by Gasteiger charge is 2.23. The lowest BCUT2D eigenvalue weighted by Gasteiger charge is -2.23. The molecule has 1 N–H and O–H groups in total. The number of nitrogens with zero attached hydrogens (tertiary/aromatic N) is 2. The Morgan fingerprint density at radius 3 is 2.62 bits per heavy atom. The van der Waals surface area contributed by atoms with Crippen LogP contribution in [0.4, 0.5) is 0 Å². The molecule has 0 aliphatic rings. The highest BCUT2D eigenvalue weighted by atomic mass is 32.2. The van der Waals surface area contributed by atoms with Crippen LogP contribution in [0.5, 0.6) is 5.75 Å². The molecule has 0 radical (unpaired) electrons. The third kappa shape index (κ3) is 4.64. The lowest BCUT2D eigenvalue weighted by molar-refractivity contribution is 0.478. The smallest absolute Gasteiger partial charge is 0.125 e. The van der Waals surface area contributed by atoms with E-state index in [1.54, 1.807) is 35.5 Å². The molecule has 0 amide bonds. The maximum Gasteiger partial charge on any atom is 0.125 e. The summed E-state index contributed by atoms with van der Waals surface area (Å²) < 4.78 is 1.10. The van der Waals surface area contributed by atoms with Gasteiger partial charge in [-0.3, -0.25) is 0 Å². The number of rotatable bonds is 6. The molecule has 0 fully saturated rings. The molecule has 4 aromatic rings. The Kier molecular flexibility index (Phi) is 6.88. The van der Waals surface area contributed by atoms with E-state index >= 15 is 0 Å². The van der Waals surface area contributed by atoms with E-state index < -0.39 is 0 Å². The molecular formula is C29H32N2OS2. The van der Waals surface area contributed by atoms with Crippen LogP contribution in [0.1, 0.15) is 50.6 Å². The Bertz CT molecular complexity index is 1360. The summed E-state index contributed by atoms with van der Waals surface area (Å²) in [5, 5.41) is 14.1. The Labute approximate surface area is 211 Å². The summed E-state index contributed by atoms with van der Waals surface area (Å²) >= 11 is 3.42. The molecule has 34 heavy (non-hydrogen) atoms. The van der Waals surface area contributed by atoms with Crippen molar-refractivity contribution in [3.05, 3.63) is 70.8 Å².